The summed E-state index contributed by atoms with van der Waals surface area (Å²) < 4.78 is 11.0. The van der Waals surface area contributed by atoms with Gasteiger partial charge in [0.05, 0.1) is 11.6 Å². The van der Waals surface area contributed by atoms with Crippen molar-refractivity contribution in [3.05, 3.63) is 70.9 Å². The molecule has 8 nitrogen and oxygen atoms in total. The van der Waals surface area contributed by atoms with E-state index in [0.29, 0.717) is 47.7 Å². The van der Waals surface area contributed by atoms with Gasteiger partial charge in [-0.25, -0.2) is 4.98 Å². The highest BCUT2D eigenvalue weighted by Gasteiger charge is 2.16. The van der Waals surface area contributed by atoms with Crippen LogP contribution < -0.4 is 5.32 Å². The number of aliphatic carboxylic acids is 1. The second kappa shape index (κ2) is 11.1. The van der Waals surface area contributed by atoms with Gasteiger partial charge >= 0.3 is 5.97 Å². The molecule has 2 aromatic heterocycles. The summed E-state index contributed by atoms with van der Waals surface area (Å²) in [6.07, 6.45) is 2.14. The van der Waals surface area contributed by atoms with Crippen molar-refractivity contribution in [2.24, 2.45) is 0 Å². The minimum absolute atomic E-state index is 0.0758. The number of carbonyl (C=O) groups is 1. The van der Waals surface area contributed by atoms with Crippen molar-refractivity contribution < 1.29 is 19.2 Å². The molecule has 0 amide bonds. The summed E-state index contributed by atoms with van der Waals surface area (Å²) in [5.74, 6) is 0.373. The van der Waals surface area contributed by atoms with Crippen LogP contribution in [0, 0.1) is 6.92 Å². The molecule has 0 aliphatic rings. The van der Waals surface area contributed by atoms with Crippen molar-refractivity contribution in [2.75, 3.05) is 19.0 Å². The van der Waals surface area contributed by atoms with Gasteiger partial charge in [-0.2, -0.15) is 4.98 Å². The summed E-state index contributed by atoms with van der Waals surface area (Å²) in [4.78, 5) is 19.5. The number of aryl methyl sites for hydroxylation is 1. The highest BCUT2D eigenvalue weighted by Crippen LogP contribution is 2.32. The molecule has 0 unspecified atom stereocenters. The van der Waals surface area contributed by atoms with E-state index in [1.807, 2.05) is 30.3 Å². The minimum Gasteiger partial charge on any atom is -0.481 e. The lowest BCUT2D eigenvalue weighted by Crippen LogP contribution is -2.06. The topological polar surface area (TPSA) is 110 Å². The standard InChI is InChI=1S/C26H25ClN4O4/c1-16-6-3-4-7-20(16)21-10-9-17(12-19(21)15-34-2)26-30-24(31-35-26)18-13-22(27)25(29-14-18)28-11-5-8-23(32)33/h3-4,6-7,9-10,12-14H,5,8,11,15H2,1-2H3,(H,28,29)(H,32,33). The molecule has 2 aromatic carbocycles. The van der Waals surface area contributed by atoms with E-state index in [9.17, 15) is 4.79 Å². The van der Waals surface area contributed by atoms with Gasteiger partial charge in [0.2, 0.25) is 5.82 Å². The molecule has 0 fully saturated rings. The second-order valence-electron chi connectivity index (χ2n) is 8.02. The zero-order valence-electron chi connectivity index (χ0n) is 19.4. The Hall–Kier alpha value is -3.75. The first-order valence-electron chi connectivity index (χ1n) is 11.1. The molecule has 4 aromatic rings. The van der Waals surface area contributed by atoms with Crippen LogP contribution in [-0.4, -0.2) is 39.9 Å². The first kappa shape index (κ1) is 24.4. The van der Waals surface area contributed by atoms with E-state index >= 15 is 0 Å². The fourth-order valence-electron chi connectivity index (χ4n) is 3.73. The number of pyridine rings is 1. The van der Waals surface area contributed by atoms with E-state index in [2.05, 4.69) is 39.5 Å². The number of carboxylic acid groups (broad SMARTS) is 1. The number of hydrogen-bond donors (Lipinski definition) is 2. The summed E-state index contributed by atoms with van der Waals surface area (Å²) >= 11 is 6.35. The van der Waals surface area contributed by atoms with Gasteiger partial charge in [-0.15, -0.1) is 0 Å². The molecule has 0 bridgehead atoms. The van der Waals surface area contributed by atoms with Gasteiger partial charge < -0.3 is 19.7 Å². The van der Waals surface area contributed by atoms with E-state index in [1.54, 1.807) is 19.4 Å². The van der Waals surface area contributed by atoms with Crippen LogP contribution in [0.1, 0.15) is 24.0 Å². The van der Waals surface area contributed by atoms with Crippen LogP contribution in [-0.2, 0) is 16.1 Å². The second-order valence-corrected chi connectivity index (χ2v) is 8.43. The Kier molecular flexibility index (Phi) is 7.74. The number of anilines is 1. The number of carboxylic acids is 1. The molecule has 0 aliphatic heterocycles. The van der Waals surface area contributed by atoms with E-state index in [-0.39, 0.29) is 6.42 Å². The average molecular weight is 493 g/mol. The average Bonchev–Trinajstić information content (AvgIpc) is 3.34. The van der Waals surface area contributed by atoms with Crippen LogP contribution in [0.5, 0.6) is 0 Å². The van der Waals surface area contributed by atoms with Crippen molar-refractivity contribution in [1.82, 2.24) is 15.1 Å². The van der Waals surface area contributed by atoms with Crippen LogP contribution in [0.3, 0.4) is 0 Å². The molecule has 0 spiro atoms. The van der Waals surface area contributed by atoms with E-state index < -0.39 is 5.97 Å². The van der Waals surface area contributed by atoms with Crippen molar-refractivity contribution in [3.63, 3.8) is 0 Å². The number of hydrogen-bond acceptors (Lipinski definition) is 7. The molecule has 180 valence electrons. The van der Waals surface area contributed by atoms with E-state index in [0.717, 1.165) is 22.3 Å². The molecule has 0 saturated carbocycles. The van der Waals surface area contributed by atoms with Gasteiger partial charge in [-0.3, -0.25) is 4.79 Å². The summed E-state index contributed by atoms with van der Waals surface area (Å²) in [6, 6.07) is 15.9. The molecule has 0 radical (unpaired) electrons. The summed E-state index contributed by atoms with van der Waals surface area (Å²) in [7, 11) is 1.67. The highest BCUT2D eigenvalue weighted by molar-refractivity contribution is 6.33. The lowest BCUT2D eigenvalue weighted by molar-refractivity contribution is -0.137. The Bertz CT molecular complexity index is 1340. The highest BCUT2D eigenvalue weighted by atomic mass is 35.5. The number of nitrogens with one attached hydrogen (secondary N) is 1. The zero-order chi connectivity index (χ0) is 24.8. The van der Waals surface area contributed by atoms with E-state index in [1.165, 1.54) is 5.56 Å². The predicted octanol–water partition coefficient (Wildman–Crippen LogP) is 5.85. The van der Waals surface area contributed by atoms with Crippen LogP contribution in [0.4, 0.5) is 5.82 Å². The molecule has 2 N–H and O–H groups in total. The summed E-state index contributed by atoms with van der Waals surface area (Å²) in [5, 5.41) is 16.2. The Morgan fingerprint density at radius 3 is 2.71 bits per heavy atom. The Balaban J connectivity index is 1.55. The lowest BCUT2D eigenvalue weighted by Gasteiger charge is -2.12. The van der Waals surface area contributed by atoms with Crippen molar-refractivity contribution in [2.45, 2.75) is 26.4 Å². The molecular formula is C26H25ClN4O4. The molecule has 0 atom stereocenters. The molecule has 0 saturated heterocycles. The molecule has 35 heavy (non-hydrogen) atoms. The van der Waals surface area contributed by atoms with Crippen LogP contribution >= 0.6 is 11.6 Å². The van der Waals surface area contributed by atoms with Gasteiger partial charge in [-0.05, 0) is 53.8 Å². The largest absolute Gasteiger partial charge is 0.481 e. The smallest absolute Gasteiger partial charge is 0.303 e. The van der Waals surface area contributed by atoms with Crippen molar-refractivity contribution in [3.8, 4) is 34.0 Å². The number of aromatic nitrogens is 3. The maximum atomic E-state index is 10.6. The maximum Gasteiger partial charge on any atom is 0.303 e. The third-order valence-corrected chi connectivity index (χ3v) is 5.76. The van der Waals surface area contributed by atoms with Gasteiger partial charge in [0.15, 0.2) is 0 Å². The molecular weight excluding hydrogens is 468 g/mol. The summed E-state index contributed by atoms with van der Waals surface area (Å²) in [6.45, 7) is 2.98. The number of ether oxygens (including phenoxy) is 1. The number of methoxy groups -OCH3 is 1. The monoisotopic (exact) mass is 492 g/mol. The molecule has 0 aliphatic carbocycles. The normalized spacial score (nSPS) is 10.9. The number of nitrogens with zero attached hydrogens (tertiary/aromatic N) is 3. The van der Waals surface area contributed by atoms with Crippen LogP contribution in [0.25, 0.3) is 34.0 Å². The number of halogens is 1. The molecule has 4 rings (SSSR count). The number of benzene rings is 2. The van der Waals surface area contributed by atoms with Gasteiger partial charge in [0.25, 0.3) is 5.89 Å². The zero-order valence-corrected chi connectivity index (χ0v) is 20.2. The quantitative estimate of drug-likeness (QED) is 0.265. The van der Waals surface area contributed by atoms with Crippen LogP contribution in [0.15, 0.2) is 59.3 Å². The lowest BCUT2D eigenvalue weighted by atomic mass is 9.94. The molecule has 2 heterocycles. The van der Waals surface area contributed by atoms with Crippen molar-refractivity contribution in [1.29, 1.82) is 0 Å². The third-order valence-electron chi connectivity index (χ3n) is 5.47. The molecule has 9 heteroatoms. The van der Waals surface area contributed by atoms with Gasteiger partial charge in [0, 0.05) is 37.4 Å². The SMILES string of the molecule is COCc1cc(-c2nc(-c3cnc(NCCCC(=O)O)c(Cl)c3)no2)ccc1-c1ccccc1C. The van der Waals surface area contributed by atoms with Gasteiger partial charge in [0.1, 0.15) is 5.82 Å². The van der Waals surface area contributed by atoms with Crippen LogP contribution in [0.2, 0.25) is 5.02 Å². The Morgan fingerprint density at radius 1 is 1.14 bits per heavy atom. The first-order valence-corrected chi connectivity index (χ1v) is 11.5. The number of rotatable bonds is 10. The third kappa shape index (κ3) is 5.85. The maximum absolute atomic E-state index is 10.6. The fraction of sp³-hybridized carbons (Fsp3) is 0.231. The minimum atomic E-state index is -0.840. The summed E-state index contributed by atoms with van der Waals surface area (Å²) in [5.41, 5.74) is 5.83. The van der Waals surface area contributed by atoms with Crippen molar-refractivity contribution >= 4 is 23.4 Å². The predicted molar refractivity (Wildman–Crippen MR) is 134 cm³/mol. The van der Waals surface area contributed by atoms with Gasteiger partial charge in [-0.1, -0.05) is 47.1 Å². The fourth-order valence-corrected chi connectivity index (χ4v) is 3.97. The van der Waals surface area contributed by atoms with E-state index in [4.69, 9.17) is 26.0 Å². The first-order chi connectivity index (χ1) is 17.0. The Labute approximate surface area is 207 Å². The Morgan fingerprint density at radius 2 is 1.97 bits per heavy atom.